The van der Waals surface area contributed by atoms with E-state index in [0.717, 1.165) is 54.6 Å². The highest BCUT2D eigenvalue weighted by atomic mass is 32.1. The average Bonchev–Trinajstić information content (AvgIpc) is 3.20. The van der Waals surface area contributed by atoms with Gasteiger partial charge in [0.25, 0.3) is 5.91 Å². The number of amides is 1. The molecule has 0 N–H and O–H groups in total. The average molecular weight is 466 g/mol. The molecule has 1 aliphatic heterocycles. The number of morpholine rings is 1. The summed E-state index contributed by atoms with van der Waals surface area (Å²) in [5.74, 6) is 0.0193. The standard InChI is InChI=1S/C27H35N3O2S/c1-19-17-20(2)24-23(18-19)28-26(33-24)30(12-6-11-29-13-15-32-16-14-29)25(31)21-7-9-22(10-8-21)27(3,4)5/h7-10,17-18H,6,11-16H2,1-5H3. The maximum atomic E-state index is 13.7. The summed E-state index contributed by atoms with van der Waals surface area (Å²) in [6.07, 6.45) is 0.903. The van der Waals surface area contributed by atoms with Crippen LogP contribution in [0.25, 0.3) is 10.2 Å². The van der Waals surface area contributed by atoms with E-state index < -0.39 is 0 Å². The number of anilines is 1. The minimum Gasteiger partial charge on any atom is -0.379 e. The zero-order valence-corrected chi connectivity index (χ0v) is 21.3. The van der Waals surface area contributed by atoms with E-state index in [4.69, 9.17) is 9.72 Å². The van der Waals surface area contributed by atoms with E-state index in [2.05, 4.69) is 63.8 Å². The second-order valence-corrected chi connectivity index (χ2v) is 11.0. The molecule has 1 aromatic heterocycles. The monoisotopic (exact) mass is 465 g/mol. The summed E-state index contributed by atoms with van der Waals surface area (Å²) < 4.78 is 6.62. The molecule has 2 heterocycles. The van der Waals surface area contributed by atoms with Crippen molar-refractivity contribution in [1.29, 1.82) is 0 Å². The summed E-state index contributed by atoms with van der Waals surface area (Å²) in [4.78, 5) is 22.9. The number of benzene rings is 2. The van der Waals surface area contributed by atoms with E-state index in [0.29, 0.717) is 12.1 Å². The third-order valence-corrected chi connectivity index (χ3v) is 7.47. The van der Waals surface area contributed by atoms with Gasteiger partial charge in [-0.05, 0) is 60.6 Å². The van der Waals surface area contributed by atoms with Crippen LogP contribution < -0.4 is 4.90 Å². The number of ether oxygens (including phenoxy) is 1. The van der Waals surface area contributed by atoms with Crippen molar-refractivity contribution in [3.05, 3.63) is 58.7 Å². The SMILES string of the molecule is Cc1cc(C)c2sc(N(CCCN3CCOCC3)C(=O)c3ccc(C(C)(C)C)cc3)nc2c1. The molecule has 0 bridgehead atoms. The fourth-order valence-electron chi connectivity index (χ4n) is 4.31. The van der Waals surface area contributed by atoms with Crippen LogP contribution in [0.2, 0.25) is 0 Å². The van der Waals surface area contributed by atoms with Crippen LogP contribution >= 0.6 is 11.3 Å². The number of fused-ring (bicyclic) bond motifs is 1. The van der Waals surface area contributed by atoms with Crippen LogP contribution in [0.15, 0.2) is 36.4 Å². The molecular formula is C27H35N3O2S. The Kier molecular flexibility index (Phi) is 7.17. The molecule has 0 aliphatic carbocycles. The summed E-state index contributed by atoms with van der Waals surface area (Å²) in [6, 6.07) is 12.4. The molecule has 0 saturated carbocycles. The Morgan fingerprint density at radius 2 is 1.82 bits per heavy atom. The molecule has 0 radical (unpaired) electrons. The van der Waals surface area contributed by atoms with E-state index in [1.807, 2.05) is 17.0 Å². The minimum absolute atomic E-state index is 0.0193. The second kappa shape index (κ2) is 9.92. The van der Waals surface area contributed by atoms with E-state index in [1.54, 1.807) is 11.3 Å². The zero-order chi connectivity index (χ0) is 23.6. The van der Waals surface area contributed by atoms with E-state index in [9.17, 15) is 4.79 Å². The van der Waals surface area contributed by atoms with E-state index >= 15 is 0 Å². The first-order valence-electron chi connectivity index (χ1n) is 11.8. The number of carbonyl (C=O) groups is 1. The lowest BCUT2D eigenvalue weighted by Crippen LogP contribution is -2.39. The molecule has 0 spiro atoms. The van der Waals surface area contributed by atoms with Gasteiger partial charge in [0.15, 0.2) is 5.13 Å². The van der Waals surface area contributed by atoms with Crippen molar-refractivity contribution < 1.29 is 9.53 Å². The predicted octanol–water partition coefficient (Wildman–Crippen LogP) is 5.58. The maximum Gasteiger partial charge on any atom is 0.260 e. The molecular weight excluding hydrogens is 430 g/mol. The number of hydrogen-bond acceptors (Lipinski definition) is 5. The van der Waals surface area contributed by atoms with Gasteiger partial charge in [0, 0.05) is 31.7 Å². The van der Waals surface area contributed by atoms with Gasteiger partial charge < -0.3 is 4.74 Å². The fourth-order valence-corrected chi connectivity index (χ4v) is 5.35. The molecule has 1 aliphatic rings. The molecule has 0 unspecified atom stereocenters. The number of thiazole rings is 1. The van der Waals surface area contributed by atoms with Gasteiger partial charge in [-0.1, -0.05) is 50.3 Å². The highest BCUT2D eigenvalue weighted by molar-refractivity contribution is 7.22. The molecule has 176 valence electrons. The molecule has 0 atom stereocenters. The van der Waals surface area contributed by atoms with E-state index in [-0.39, 0.29) is 11.3 Å². The molecule has 5 nitrogen and oxygen atoms in total. The van der Waals surface area contributed by atoms with Crippen LogP contribution in [0.5, 0.6) is 0 Å². The number of nitrogens with zero attached hydrogens (tertiary/aromatic N) is 3. The van der Waals surface area contributed by atoms with Crippen molar-refractivity contribution in [2.75, 3.05) is 44.3 Å². The Bertz CT molecular complexity index is 1110. The van der Waals surface area contributed by atoms with Crippen molar-refractivity contribution in [3.63, 3.8) is 0 Å². The van der Waals surface area contributed by atoms with Gasteiger partial charge in [-0.3, -0.25) is 14.6 Å². The predicted molar refractivity (Wildman–Crippen MR) is 138 cm³/mol. The van der Waals surface area contributed by atoms with Crippen LogP contribution in [-0.2, 0) is 10.2 Å². The normalized spacial score (nSPS) is 15.2. The zero-order valence-electron chi connectivity index (χ0n) is 20.5. The lowest BCUT2D eigenvalue weighted by Gasteiger charge is -2.28. The van der Waals surface area contributed by atoms with Crippen LogP contribution in [0.1, 0.15) is 54.2 Å². The maximum absolute atomic E-state index is 13.7. The summed E-state index contributed by atoms with van der Waals surface area (Å²) >= 11 is 1.62. The van der Waals surface area contributed by atoms with Crippen LogP contribution in [0, 0.1) is 13.8 Å². The summed E-state index contributed by atoms with van der Waals surface area (Å²) in [5, 5.41) is 0.783. The smallest absolute Gasteiger partial charge is 0.260 e. The van der Waals surface area contributed by atoms with Crippen LogP contribution in [-0.4, -0.2) is 55.2 Å². The van der Waals surface area contributed by atoms with Crippen molar-refractivity contribution >= 4 is 32.6 Å². The van der Waals surface area contributed by atoms with Crippen molar-refractivity contribution in [2.24, 2.45) is 0 Å². The molecule has 33 heavy (non-hydrogen) atoms. The van der Waals surface area contributed by atoms with Crippen molar-refractivity contribution in [1.82, 2.24) is 9.88 Å². The highest BCUT2D eigenvalue weighted by Gasteiger charge is 2.23. The number of rotatable bonds is 6. The number of carbonyl (C=O) groups excluding carboxylic acids is 1. The first-order valence-corrected chi connectivity index (χ1v) is 12.6. The summed E-state index contributed by atoms with van der Waals surface area (Å²) in [6.45, 7) is 15.9. The van der Waals surface area contributed by atoms with Gasteiger partial charge in [-0.15, -0.1) is 0 Å². The van der Waals surface area contributed by atoms with Gasteiger partial charge in [-0.25, -0.2) is 4.98 Å². The first kappa shape index (κ1) is 23.9. The Labute approximate surface area is 201 Å². The Morgan fingerprint density at radius 1 is 1.12 bits per heavy atom. The lowest BCUT2D eigenvalue weighted by atomic mass is 9.86. The topological polar surface area (TPSA) is 45.7 Å². The molecule has 2 aromatic carbocycles. The molecule has 4 rings (SSSR count). The van der Waals surface area contributed by atoms with Crippen molar-refractivity contribution in [3.8, 4) is 0 Å². The van der Waals surface area contributed by atoms with Gasteiger partial charge in [0.1, 0.15) is 0 Å². The van der Waals surface area contributed by atoms with Gasteiger partial charge in [0.2, 0.25) is 0 Å². The van der Waals surface area contributed by atoms with Crippen LogP contribution in [0.4, 0.5) is 5.13 Å². The molecule has 1 amide bonds. The highest BCUT2D eigenvalue weighted by Crippen LogP contribution is 2.33. The van der Waals surface area contributed by atoms with Gasteiger partial charge >= 0.3 is 0 Å². The molecule has 1 fully saturated rings. The number of hydrogen-bond donors (Lipinski definition) is 0. The fraction of sp³-hybridized carbons (Fsp3) is 0.481. The minimum atomic E-state index is 0.0193. The number of aryl methyl sites for hydroxylation is 2. The Hall–Kier alpha value is -2.28. The second-order valence-electron chi connectivity index (χ2n) is 10.0. The Balaban J connectivity index is 1.60. The molecule has 6 heteroatoms. The van der Waals surface area contributed by atoms with Gasteiger partial charge in [-0.2, -0.15) is 0 Å². The Morgan fingerprint density at radius 3 is 2.48 bits per heavy atom. The number of aromatic nitrogens is 1. The summed E-state index contributed by atoms with van der Waals surface area (Å²) in [5.41, 5.74) is 5.37. The van der Waals surface area contributed by atoms with Crippen LogP contribution in [0.3, 0.4) is 0 Å². The first-order chi connectivity index (χ1) is 15.7. The molecule has 3 aromatic rings. The largest absolute Gasteiger partial charge is 0.379 e. The quantitative estimate of drug-likeness (QED) is 0.477. The van der Waals surface area contributed by atoms with Gasteiger partial charge in [0.05, 0.1) is 23.4 Å². The van der Waals surface area contributed by atoms with E-state index in [1.165, 1.54) is 16.7 Å². The third-order valence-electron chi connectivity index (χ3n) is 6.24. The third kappa shape index (κ3) is 5.62. The van der Waals surface area contributed by atoms with Crippen molar-refractivity contribution in [2.45, 2.75) is 46.5 Å². The molecule has 1 saturated heterocycles. The summed E-state index contributed by atoms with van der Waals surface area (Å²) in [7, 11) is 0. The lowest BCUT2D eigenvalue weighted by molar-refractivity contribution is 0.0376.